The van der Waals surface area contributed by atoms with E-state index in [1.807, 2.05) is 12.1 Å². The lowest BCUT2D eigenvalue weighted by atomic mass is 9.90. The van der Waals surface area contributed by atoms with Crippen LogP contribution in [-0.4, -0.2) is 10.2 Å². The molecule has 0 unspecified atom stereocenters. The number of hydrogen-bond donors (Lipinski definition) is 0. The highest BCUT2D eigenvalue weighted by Gasteiger charge is 2.12. The van der Waals surface area contributed by atoms with Crippen molar-refractivity contribution in [3.8, 4) is 11.5 Å². The molecule has 0 fully saturated rings. The van der Waals surface area contributed by atoms with Crippen LogP contribution < -0.4 is 0 Å². The fourth-order valence-electron chi connectivity index (χ4n) is 3.21. The highest BCUT2D eigenvalue weighted by Crippen LogP contribution is 2.24. The average Bonchev–Trinajstić information content (AvgIpc) is 3.04. The van der Waals surface area contributed by atoms with E-state index in [0.717, 1.165) is 5.56 Å². The second-order valence-electron chi connectivity index (χ2n) is 6.35. The van der Waals surface area contributed by atoms with Crippen molar-refractivity contribution < 1.29 is 4.42 Å². The fourth-order valence-corrected chi connectivity index (χ4v) is 3.21. The van der Waals surface area contributed by atoms with Crippen molar-refractivity contribution in [3.05, 3.63) is 70.6 Å². The van der Waals surface area contributed by atoms with Gasteiger partial charge in [-0.25, -0.2) is 0 Å². The zero-order chi connectivity index (χ0) is 15.6. The first-order valence-corrected chi connectivity index (χ1v) is 8.28. The summed E-state index contributed by atoms with van der Waals surface area (Å²) in [7, 11) is 0. The zero-order valence-electron chi connectivity index (χ0n) is 13.4. The summed E-state index contributed by atoms with van der Waals surface area (Å²) < 4.78 is 5.84. The highest BCUT2D eigenvalue weighted by molar-refractivity contribution is 5.52. The van der Waals surface area contributed by atoms with Gasteiger partial charge in [0.15, 0.2) is 0 Å². The molecule has 1 aliphatic rings. The predicted molar refractivity (Wildman–Crippen MR) is 90.4 cm³/mol. The molecule has 0 aliphatic heterocycles. The first-order valence-electron chi connectivity index (χ1n) is 8.28. The van der Waals surface area contributed by atoms with E-state index in [0.29, 0.717) is 18.2 Å². The average molecular weight is 304 g/mol. The zero-order valence-corrected chi connectivity index (χ0v) is 13.4. The lowest BCUT2D eigenvalue weighted by molar-refractivity contribution is 0.518. The third-order valence-corrected chi connectivity index (χ3v) is 4.53. The summed E-state index contributed by atoms with van der Waals surface area (Å²) in [5, 5.41) is 8.39. The normalized spacial score (nSPS) is 13.8. The second-order valence-corrected chi connectivity index (χ2v) is 6.35. The number of benzene rings is 2. The van der Waals surface area contributed by atoms with Gasteiger partial charge < -0.3 is 4.42 Å². The Hall–Kier alpha value is -2.42. The Bertz CT molecular complexity index is 818. The van der Waals surface area contributed by atoms with Crippen LogP contribution in [0.2, 0.25) is 0 Å². The molecule has 4 rings (SSSR count). The van der Waals surface area contributed by atoms with E-state index in [9.17, 15) is 0 Å². The van der Waals surface area contributed by atoms with Gasteiger partial charge in [-0.3, -0.25) is 0 Å². The standard InChI is InChI=1S/C20H20N2O/c1-14-6-9-17(10-7-14)20-22-21-19(23-20)13-15-8-11-16-4-2-3-5-18(16)12-15/h6-12H,2-5,13H2,1H3. The molecule has 0 amide bonds. The van der Waals surface area contributed by atoms with E-state index < -0.39 is 0 Å². The van der Waals surface area contributed by atoms with Gasteiger partial charge in [0, 0.05) is 5.56 Å². The van der Waals surface area contributed by atoms with E-state index in [1.165, 1.54) is 47.9 Å². The van der Waals surface area contributed by atoms with E-state index in [1.54, 1.807) is 0 Å². The maximum absolute atomic E-state index is 5.84. The van der Waals surface area contributed by atoms with Crippen LogP contribution in [0.5, 0.6) is 0 Å². The molecule has 1 aliphatic carbocycles. The number of aromatic nitrogens is 2. The molecular formula is C20H20N2O. The molecule has 23 heavy (non-hydrogen) atoms. The third kappa shape index (κ3) is 3.04. The molecule has 0 saturated carbocycles. The molecule has 0 saturated heterocycles. The number of fused-ring (bicyclic) bond motifs is 1. The van der Waals surface area contributed by atoms with E-state index in [2.05, 4.69) is 47.5 Å². The van der Waals surface area contributed by atoms with Gasteiger partial charge in [0.2, 0.25) is 11.8 Å². The minimum atomic E-state index is 0.595. The van der Waals surface area contributed by atoms with Gasteiger partial charge >= 0.3 is 0 Å². The van der Waals surface area contributed by atoms with Crippen LogP contribution in [0.4, 0.5) is 0 Å². The van der Waals surface area contributed by atoms with Crippen molar-refractivity contribution in [2.24, 2.45) is 0 Å². The lowest BCUT2D eigenvalue weighted by Gasteiger charge is -2.16. The van der Waals surface area contributed by atoms with E-state index in [4.69, 9.17) is 4.42 Å². The maximum Gasteiger partial charge on any atom is 0.247 e. The van der Waals surface area contributed by atoms with Crippen LogP contribution in [-0.2, 0) is 19.3 Å². The number of rotatable bonds is 3. The second kappa shape index (κ2) is 5.99. The largest absolute Gasteiger partial charge is 0.420 e. The molecule has 1 heterocycles. The smallest absolute Gasteiger partial charge is 0.247 e. The van der Waals surface area contributed by atoms with Gasteiger partial charge in [-0.1, -0.05) is 35.9 Å². The van der Waals surface area contributed by atoms with E-state index >= 15 is 0 Å². The Labute approximate surface area is 136 Å². The SMILES string of the molecule is Cc1ccc(-c2nnc(Cc3ccc4c(c3)CCCC4)o2)cc1. The molecule has 0 atom stereocenters. The predicted octanol–water partition coefficient (Wildman–Crippen LogP) is 4.51. The molecular weight excluding hydrogens is 284 g/mol. The van der Waals surface area contributed by atoms with Crippen molar-refractivity contribution in [1.82, 2.24) is 10.2 Å². The Morgan fingerprint density at radius 3 is 2.52 bits per heavy atom. The van der Waals surface area contributed by atoms with Crippen LogP contribution in [0, 0.1) is 6.92 Å². The monoisotopic (exact) mass is 304 g/mol. The summed E-state index contributed by atoms with van der Waals surface area (Å²) >= 11 is 0. The van der Waals surface area contributed by atoms with Gasteiger partial charge in [0.1, 0.15) is 0 Å². The van der Waals surface area contributed by atoms with Crippen molar-refractivity contribution in [1.29, 1.82) is 0 Å². The van der Waals surface area contributed by atoms with Crippen molar-refractivity contribution in [2.45, 2.75) is 39.0 Å². The Morgan fingerprint density at radius 1 is 0.913 bits per heavy atom. The summed E-state index contributed by atoms with van der Waals surface area (Å²) in [4.78, 5) is 0. The number of hydrogen-bond acceptors (Lipinski definition) is 3. The van der Waals surface area contributed by atoms with Crippen molar-refractivity contribution in [3.63, 3.8) is 0 Å². The minimum absolute atomic E-state index is 0.595. The Kier molecular flexibility index (Phi) is 3.70. The summed E-state index contributed by atoms with van der Waals surface area (Å²) in [6.45, 7) is 2.07. The maximum atomic E-state index is 5.84. The molecule has 116 valence electrons. The summed E-state index contributed by atoms with van der Waals surface area (Å²) in [5.41, 5.74) is 6.45. The Morgan fingerprint density at radius 2 is 1.70 bits per heavy atom. The number of aryl methyl sites for hydroxylation is 3. The molecule has 0 spiro atoms. The van der Waals surface area contributed by atoms with Crippen LogP contribution in [0.25, 0.3) is 11.5 Å². The van der Waals surface area contributed by atoms with Crippen LogP contribution in [0.3, 0.4) is 0 Å². The van der Waals surface area contributed by atoms with Gasteiger partial charge in [-0.2, -0.15) is 0 Å². The van der Waals surface area contributed by atoms with Crippen LogP contribution >= 0.6 is 0 Å². The Balaban J connectivity index is 1.54. The minimum Gasteiger partial charge on any atom is -0.420 e. The molecule has 0 bridgehead atoms. The summed E-state index contributed by atoms with van der Waals surface area (Å²) in [6.07, 6.45) is 5.73. The van der Waals surface area contributed by atoms with Gasteiger partial charge in [0.25, 0.3) is 0 Å². The molecule has 3 heteroatoms. The number of nitrogens with zero attached hydrogens (tertiary/aromatic N) is 2. The molecule has 0 N–H and O–H groups in total. The van der Waals surface area contributed by atoms with Gasteiger partial charge in [-0.15, -0.1) is 10.2 Å². The first kappa shape index (κ1) is 14.2. The summed E-state index contributed by atoms with van der Waals surface area (Å²) in [6, 6.07) is 14.9. The molecule has 3 aromatic rings. The molecule has 0 radical (unpaired) electrons. The third-order valence-electron chi connectivity index (χ3n) is 4.53. The molecule has 3 nitrogen and oxygen atoms in total. The van der Waals surface area contributed by atoms with Crippen molar-refractivity contribution in [2.75, 3.05) is 0 Å². The van der Waals surface area contributed by atoms with Gasteiger partial charge in [-0.05, 0) is 61.4 Å². The lowest BCUT2D eigenvalue weighted by Crippen LogP contribution is -2.03. The topological polar surface area (TPSA) is 38.9 Å². The molecule has 2 aromatic carbocycles. The first-order chi connectivity index (χ1) is 11.3. The van der Waals surface area contributed by atoms with Crippen LogP contribution in [0.1, 0.15) is 41.0 Å². The molecule has 1 aromatic heterocycles. The van der Waals surface area contributed by atoms with Crippen molar-refractivity contribution >= 4 is 0 Å². The quantitative estimate of drug-likeness (QED) is 0.714. The highest BCUT2D eigenvalue weighted by atomic mass is 16.4. The van der Waals surface area contributed by atoms with Crippen LogP contribution in [0.15, 0.2) is 46.9 Å². The fraction of sp³-hybridized carbons (Fsp3) is 0.300. The summed E-state index contributed by atoms with van der Waals surface area (Å²) in [5.74, 6) is 1.27. The van der Waals surface area contributed by atoms with E-state index in [-0.39, 0.29) is 0 Å². The van der Waals surface area contributed by atoms with Gasteiger partial charge in [0.05, 0.1) is 6.42 Å².